The van der Waals surface area contributed by atoms with Gasteiger partial charge >= 0.3 is 5.97 Å². The summed E-state index contributed by atoms with van der Waals surface area (Å²) in [6.45, 7) is 1.76. The second kappa shape index (κ2) is 9.29. The van der Waals surface area contributed by atoms with Crippen LogP contribution in [0.15, 0.2) is 85.5 Å². The van der Waals surface area contributed by atoms with Gasteiger partial charge in [-0.05, 0) is 71.0 Å². The molecule has 0 bridgehead atoms. The lowest BCUT2D eigenvalue weighted by Crippen LogP contribution is -2.21. The Morgan fingerprint density at radius 1 is 0.976 bits per heavy atom. The first-order valence-corrected chi connectivity index (χ1v) is 13.8. The molecule has 1 fully saturated rings. The van der Waals surface area contributed by atoms with E-state index in [2.05, 4.69) is 15.4 Å². The number of nitrogens with one attached hydrogen (secondary N) is 1. The van der Waals surface area contributed by atoms with E-state index in [0.29, 0.717) is 27.7 Å². The Kier molecular flexibility index (Phi) is 5.78. The van der Waals surface area contributed by atoms with Gasteiger partial charge in [-0.25, -0.2) is 14.5 Å². The number of carbonyl (C=O) groups is 2. The molecule has 1 aromatic heterocycles. The molecule has 2 unspecified atom stereocenters. The van der Waals surface area contributed by atoms with E-state index in [1.165, 1.54) is 6.33 Å². The number of nitrogens with zero attached hydrogens (tertiary/aromatic N) is 3. The third kappa shape index (κ3) is 3.96. The number of fused-ring (bicyclic) bond motifs is 2. The molecule has 0 radical (unpaired) electrons. The standard InChI is InChI=1S/C32H22Cl2N4O3/c1-17-2-3-21(12-23(17)30(39)40)26-14-32(26)25-13-24(27(33)28(34)29(25)37-31(32)41)20-6-4-18(5-7-20)19-8-10-22(11-9-19)38-16-35-15-36-38/h2-13,15-16,26H,14H2,1H3,(H,37,41)(H,39,40). The number of aryl methyl sites for hydroxylation is 1. The summed E-state index contributed by atoms with van der Waals surface area (Å²) in [6.07, 6.45) is 3.72. The maximum absolute atomic E-state index is 13.4. The van der Waals surface area contributed by atoms with E-state index < -0.39 is 11.4 Å². The first kappa shape index (κ1) is 25.5. The molecule has 202 valence electrons. The molecule has 1 amide bonds. The summed E-state index contributed by atoms with van der Waals surface area (Å²) in [7, 11) is 0. The smallest absolute Gasteiger partial charge is 0.335 e. The van der Waals surface area contributed by atoms with Crippen LogP contribution >= 0.6 is 23.2 Å². The molecule has 2 aliphatic rings. The number of halogens is 2. The predicted molar refractivity (Wildman–Crippen MR) is 158 cm³/mol. The van der Waals surface area contributed by atoms with Crippen molar-refractivity contribution in [2.24, 2.45) is 0 Å². The lowest BCUT2D eigenvalue weighted by molar-refractivity contribution is -0.118. The first-order chi connectivity index (χ1) is 19.8. The molecule has 7 nitrogen and oxygen atoms in total. The van der Waals surface area contributed by atoms with Crippen molar-refractivity contribution in [1.29, 1.82) is 0 Å². The zero-order valence-corrected chi connectivity index (χ0v) is 23.2. The molecule has 1 saturated carbocycles. The first-order valence-electron chi connectivity index (χ1n) is 13.0. The highest BCUT2D eigenvalue weighted by Gasteiger charge is 2.65. The van der Waals surface area contributed by atoms with E-state index in [-0.39, 0.29) is 17.4 Å². The molecule has 5 aromatic rings. The Hall–Kier alpha value is -4.46. The lowest BCUT2D eigenvalue weighted by Gasteiger charge is -2.15. The van der Waals surface area contributed by atoms with Gasteiger partial charge in [0, 0.05) is 11.5 Å². The number of aromatic carboxylic acids is 1. The van der Waals surface area contributed by atoms with Crippen LogP contribution in [-0.4, -0.2) is 31.7 Å². The second-order valence-electron chi connectivity index (χ2n) is 10.5. The van der Waals surface area contributed by atoms with Gasteiger partial charge in [0.1, 0.15) is 12.7 Å². The van der Waals surface area contributed by atoms with Crippen LogP contribution in [0.3, 0.4) is 0 Å². The van der Waals surface area contributed by atoms with Crippen LogP contribution in [0.1, 0.15) is 39.4 Å². The summed E-state index contributed by atoms with van der Waals surface area (Å²) in [5.74, 6) is -1.28. The van der Waals surface area contributed by atoms with Crippen molar-refractivity contribution in [3.8, 4) is 27.9 Å². The number of anilines is 1. The summed E-state index contributed by atoms with van der Waals surface area (Å²) in [4.78, 5) is 29.1. The quantitative estimate of drug-likeness (QED) is 0.227. The van der Waals surface area contributed by atoms with Gasteiger partial charge in [-0.3, -0.25) is 4.79 Å². The van der Waals surface area contributed by atoms with E-state index in [1.54, 1.807) is 30.1 Å². The van der Waals surface area contributed by atoms with E-state index in [1.807, 2.05) is 60.7 Å². The maximum Gasteiger partial charge on any atom is 0.335 e. The van der Waals surface area contributed by atoms with Crippen LogP contribution < -0.4 is 5.32 Å². The number of carbonyl (C=O) groups excluding carboxylic acids is 1. The van der Waals surface area contributed by atoms with Crippen molar-refractivity contribution in [2.45, 2.75) is 24.7 Å². The summed E-state index contributed by atoms with van der Waals surface area (Å²) in [5, 5.41) is 17.4. The van der Waals surface area contributed by atoms with Crippen LogP contribution in [0, 0.1) is 6.92 Å². The number of hydrogen-bond donors (Lipinski definition) is 2. The molecular weight excluding hydrogens is 559 g/mol. The molecule has 2 heterocycles. The fourth-order valence-electron chi connectivity index (χ4n) is 5.95. The molecule has 1 aliphatic carbocycles. The molecule has 2 N–H and O–H groups in total. The van der Waals surface area contributed by atoms with E-state index in [9.17, 15) is 14.7 Å². The summed E-state index contributed by atoms with van der Waals surface area (Å²) >= 11 is 13.5. The number of benzene rings is 4. The Balaban J connectivity index is 1.23. The fourth-order valence-corrected chi connectivity index (χ4v) is 6.46. The molecule has 0 saturated heterocycles. The van der Waals surface area contributed by atoms with Crippen LogP contribution in [0.5, 0.6) is 0 Å². The second-order valence-corrected chi connectivity index (χ2v) is 11.3. The van der Waals surface area contributed by atoms with Gasteiger partial charge in [0.15, 0.2) is 0 Å². The third-order valence-electron chi connectivity index (χ3n) is 8.27. The van der Waals surface area contributed by atoms with Crippen LogP contribution in [0.4, 0.5) is 5.69 Å². The Labute approximate surface area is 245 Å². The van der Waals surface area contributed by atoms with E-state index >= 15 is 0 Å². The molecule has 1 aliphatic heterocycles. The largest absolute Gasteiger partial charge is 0.478 e. The maximum atomic E-state index is 13.4. The van der Waals surface area contributed by atoms with E-state index in [0.717, 1.165) is 39.1 Å². The van der Waals surface area contributed by atoms with Crippen molar-refractivity contribution >= 4 is 40.8 Å². The monoisotopic (exact) mass is 580 g/mol. The number of carboxylic acid groups (broad SMARTS) is 1. The molecule has 7 rings (SSSR count). The average Bonchev–Trinajstić information content (AvgIpc) is 3.35. The van der Waals surface area contributed by atoms with Gasteiger partial charge in [0.25, 0.3) is 0 Å². The summed E-state index contributed by atoms with van der Waals surface area (Å²) in [6, 6.07) is 23.4. The fraction of sp³-hybridized carbons (Fsp3) is 0.125. The van der Waals surface area contributed by atoms with Crippen molar-refractivity contribution in [3.63, 3.8) is 0 Å². The van der Waals surface area contributed by atoms with Gasteiger partial charge < -0.3 is 10.4 Å². The Morgan fingerprint density at radius 3 is 2.32 bits per heavy atom. The predicted octanol–water partition coefficient (Wildman–Crippen LogP) is 7.29. The van der Waals surface area contributed by atoms with Gasteiger partial charge in [-0.15, -0.1) is 0 Å². The van der Waals surface area contributed by atoms with Gasteiger partial charge in [-0.1, -0.05) is 71.7 Å². The number of aromatic nitrogens is 3. The lowest BCUT2D eigenvalue weighted by atomic mass is 9.89. The number of rotatable bonds is 5. The van der Waals surface area contributed by atoms with Crippen LogP contribution in [0.25, 0.3) is 27.9 Å². The van der Waals surface area contributed by atoms with Gasteiger partial charge in [0.2, 0.25) is 5.91 Å². The Morgan fingerprint density at radius 2 is 1.66 bits per heavy atom. The minimum atomic E-state index is -0.984. The molecule has 9 heteroatoms. The molecule has 2 atom stereocenters. The summed E-state index contributed by atoms with van der Waals surface area (Å²) in [5.41, 5.74) is 6.87. The average molecular weight is 581 g/mol. The zero-order chi connectivity index (χ0) is 28.5. The van der Waals surface area contributed by atoms with Gasteiger partial charge in [0.05, 0.1) is 32.4 Å². The van der Waals surface area contributed by atoms with Crippen molar-refractivity contribution in [3.05, 3.63) is 118 Å². The summed E-state index contributed by atoms with van der Waals surface area (Å²) < 4.78 is 1.70. The van der Waals surface area contributed by atoms with Crippen molar-refractivity contribution in [1.82, 2.24) is 14.8 Å². The normalized spacial score (nSPS) is 18.8. The highest BCUT2D eigenvalue weighted by molar-refractivity contribution is 6.46. The van der Waals surface area contributed by atoms with Gasteiger partial charge in [-0.2, -0.15) is 5.10 Å². The highest BCUT2D eigenvalue weighted by Crippen LogP contribution is 2.66. The van der Waals surface area contributed by atoms with Crippen molar-refractivity contribution < 1.29 is 14.7 Å². The third-order valence-corrected chi connectivity index (χ3v) is 9.13. The number of hydrogen-bond acceptors (Lipinski definition) is 4. The Bertz CT molecular complexity index is 1870. The number of carboxylic acids is 1. The molecular formula is C32H22Cl2N4O3. The zero-order valence-electron chi connectivity index (χ0n) is 21.7. The van der Waals surface area contributed by atoms with Crippen LogP contribution in [-0.2, 0) is 10.2 Å². The van der Waals surface area contributed by atoms with Crippen LogP contribution in [0.2, 0.25) is 10.0 Å². The minimum absolute atomic E-state index is 0.144. The molecule has 1 spiro atoms. The van der Waals surface area contributed by atoms with E-state index in [4.69, 9.17) is 23.2 Å². The SMILES string of the molecule is Cc1ccc(C2CC23C(=O)Nc2c3cc(-c3ccc(-c4ccc(-n5cncn5)cc4)cc3)c(Cl)c2Cl)cc1C(=O)O. The minimum Gasteiger partial charge on any atom is -0.478 e. The van der Waals surface area contributed by atoms with Crippen molar-refractivity contribution in [2.75, 3.05) is 5.32 Å². The topological polar surface area (TPSA) is 97.1 Å². The molecule has 4 aromatic carbocycles. The molecule has 41 heavy (non-hydrogen) atoms. The number of amides is 1. The highest BCUT2D eigenvalue weighted by atomic mass is 35.5.